The molecule has 2 heterocycles. The van der Waals surface area contributed by atoms with Gasteiger partial charge in [0.15, 0.2) is 11.5 Å². The summed E-state index contributed by atoms with van der Waals surface area (Å²) in [5.74, 6) is 0.665. The Morgan fingerprint density at radius 3 is 2.67 bits per heavy atom. The third-order valence-corrected chi connectivity index (χ3v) is 2.81. The van der Waals surface area contributed by atoms with Crippen molar-refractivity contribution < 1.29 is 4.79 Å². The highest BCUT2D eigenvalue weighted by Gasteiger charge is 2.06. The molecule has 4 nitrogen and oxygen atoms in total. The summed E-state index contributed by atoms with van der Waals surface area (Å²) in [6, 6.07) is 11.5. The molecule has 0 bridgehead atoms. The van der Waals surface area contributed by atoms with Gasteiger partial charge in [0.2, 0.25) is 0 Å². The molecule has 0 saturated heterocycles. The average Bonchev–Trinajstić information content (AvgIpc) is 2.82. The average molecular weight is 237 g/mol. The minimum Gasteiger partial charge on any atom is -0.298 e. The van der Waals surface area contributed by atoms with E-state index in [9.17, 15) is 4.79 Å². The van der Waals surface area contributed by atoms with Crippen molar-refractivity contribution in [3.05, 3.63) is 53.7 Å². The molecule has 0 radical (unpaired) electrons. The lowest BCUT2D eigenvalue weighted by molar-refractivity contribution is 0.112. The van der Waals surface area contributed by atoms with Crippen LogP contribution >= 0.6 is 0 Å². The molecular weight excluding hydrogens is 226 g/mol. The van der Waals surface area contributed by atoms with Crippen molar-refractivity contribution in [2.75, 3.05) is 0 Å². The first-order valence-electron chi connectivity index (χ1n) is 5.65. The van der Waals surface area contributed by atoms with Gasteiger partial charge in [-0.25, -0.2) is 9.50 Å². The molecule has 0 atom stereocenters. The van der Waals surface area contributed by atoms with Crippen molar-refractivity contribution in [1.82, 2.24) is 14.6 Å². The van der Waals surface area contributed by atoms with E-state index in [0.717, 1.165) is 11.8 Å². The fourth-order valence-corrected chi connectivity index (χ4v) is 1.80. The SMILES string of the molecule is Cc1ccc(-c2nc3cc(C=O)ccn3n2)cc1. The second kappa shape index (κ2) is 4.07. The number of hydrogen-bond acceptors (Lipinski definition) is 3. The summed E-state index contributed by atoms with van der Waals surface area (Å²) in [7, 11) is 0. The van der Waals surface area contributed by atoms with Gasteiger partial charge in [-0.2, -0.15) is 0 Å². The normalized spacial score (nSPS) is 10.7. The van der Waals surface area contributed by atoms with Crippen molar-refractivity contribution in [2.45, 2.75) is 6.92 Å². The first-order valence-corrected chi connectivity index (χ1v) is 5.65. The maximum absolute atomic E-state index is 10.7. The Hall–Kier alpha value is -2.49. The van der Waals surface area contributed by atoms with Gasteiger partial charge in [-0.15, -0.1) is 5.10 Å². The van der Waals surface area contributed by atoms with Crippen LogP contribution in [0.2, 0.25) is 0 Å². The molecule has 2 aromatic heterocycles. The molecule has 4 heteroatoms. The molecule has 0 spiro atoms. The minimum atomic E-state index is 0.602. The molecule has 0 aliphatic heterocycles. The van der Waals surface area contributed by atoms with Crippen LogP contribution in [0.5, 0.6) is 0 Å². The van der Waals surface area contributed by atoms with Gasteiger partial charge in [0, 0.05) is 17.3 Å². The predicted octanol–water partition coefficient (Wildman–Crippen LogP) is 2.52. The number of carbonyl (C=O) groups is 1. The lowest BCUT2D eigenvalue weighted by atomic mass is 10.1. The zero-order valence-corrected chi connectivity index (χ0v) is 9.87. The van der Waals surface area contributed by atoms with Crippen molar-refractivity contribution in [1.29, 1.82) is 0 Å². The maximum Gasteiger partial charge on any atom is 0.182 e. The zero-order chi connectivity index (χ0) is 12.5. The Balaban J connectivity index is 2.12. The molecule has 1 aromatic carbocycles. The quantitative estimate of drug-likeness (QED) is 0.643. The van der Waals surface area contributed by atoms with Gasteiger partial charge >= 0.3 is 0 Å². The van der Waals surface area contributed by atoms with E-state index in [1.54, 1.807) is 22.8 Å². The number of rotatable bonds is 2. The van der Waals surface area contributed by atoms with E-state index in [1.165, 1.54) is 5.56 Å². The number of benzene rings is 1. The molecule has 0 fully saturated rings. The van der Waals surface area contributed by atoms with E-state index in [2.05, 4.69) is 10.1 Å². The fraction of sp³-hybridized carbons (Fsp3) is 0.0714. The van der Waals surface area contributed by atoms with Crippen molar-refractivity contribution in [2.24, 2.45) is 0 Å². The second-order valence-electron chi connectivity index (χ2n) is 4.18. The van der Waals surface area contributed by atoms with E-state index in [-0.39, 0.29) is 0 Å². The number of aldehydes is 1. The van der Waals surface area contributed by atoms with Gasteiger partial charge in [-0.1, -0.05) is 29.8 Å². The van der Waals surface area contributed by atoms with Gasteiger partial charge in [0.1, 0.15) is 6.29 Å². The van der Waals surface area contributed by atoms with Gasteiger partial charge in [0.25, 0.3) is 0 Å². The van der Waals surface area contributed by atoms with Crippen molar-refractivity contribution >= 4 is 11.9 Å². The van der Waals surface area contributed by atoms with Gasteiger partial charge in [-0.3, -0.25) is 4.79 Å². The number of pyridine rings is 1. The van der Waals surface area contributed by atoms with Crippen LogP contribution in [-0.4, -0.2) is 20.9 Å². The molecule has 0 amide bonds. The highest BCUT2D eigenvalue weighted by molar-refractivity contribution is 5.76. The highest BCUT2D eigenvalue weighted by atomic mass is 16.1. The van der Waals surface area contributed by atoms with E-state index in [0.29, 0.717) is 17.0 Å². The maximum atomic E-state index is 10.7. The highest BCUT2D eigenvalue weighted by Crippen LogP contribution is 2.17. The molecule has 3 rings (SSSR count). The Kier molecular flexibility index (Phi) is 2.41. The van der Waals surface area contributed by atoms with Crippen molar-refractivity contribution in [3.8, 4) is 11.4 Å². The lowest BCUT2D eigenvalue weighted by Gasteiger charge is -1.94. The van der Waals surface area contributed by atoms with Crippen LogP contribution in [0.3, 0.4) is 0 Å². The Bertz CT molecular complexity index is 713. The van der Waals surface area contributed by atoms with Crippen LogP contribution in [-0.2, 0) is 0 Å². The molecule has 0 unspecified atom stereocenters. The van der Waals surface area contributed by atoms with E-state index in [1.807, 2.05) is 31.2 Å². The fourth-order valence-electron chi connectivity index (χ4n) is 1.80. The first kappa shape index (κ1) is 10.7. The van der Waals surface area contributed by atoms with Crippen molar-refractivity contribution in [3.63, 3.8) is 0 Å². The Morgan fingerprint density at radius 2 is 1.94 bits per heavy atom. The molecule has 0 N–H and O–H groups in total. The van der Waals surface area contributed by atoms with E-state index < -0.39 is 0 Å². The Labute approximate surface area is 104 Å². The van der Waals surface area contributed by atoms with Crippen LogP contribution in [0.15, 0.2) is 42.6 Å². The third kappa shape index (κ3) is 1.78. The number of carbonyl (C=O) groups excluding carboxylic acids is 1. The number of aryl methyl sites for hydroxylation is 1. The molecule has 0 aliphatic carbocycles. The van der Waals surface area contributed by atoms with Crippen LogP contribution in [0.4, 0.5) is 0 Å². The molecule has 0 saturated carbocycles. The van der Waals surface area contributed by atoms with Gasteiger partial charge in [0.05, 0.1) is 0 Å². The molecule has 18 heavy (non-hydrogen) atoms. The number of fused-ring (bicyclic) bond motifs is 1. The smallest absolute Gasteiger partial charge is 0.182 e. The van der Waals surface area contributed by atoms with Gasteiger partial charge in [-0.05, 0) is 19.1 Å². The monoisotopic (exact) mass is 237 g/mol. The van der Waals surface area contributed by atoms with Crippen LogP contribution < -0.4 is 0 Å². The summed E-state index contributed by atoms with van der Waals surface area (Å²) in [6.07, 6.45) is 2.55. The topological polar surface area (TPSA) is 47.3 Å². The largest absolute Gasteiger partial charge is 0.298 e. The van der Waals surface area contributed by atoms with E-state index >= 15 is 0 Å². The lowest BCUT2D eigenvalue weighted by Crippen LogP contribution is -1.88. The summed E-state index contributed by atoms with van der Waals surface area (Å²) >= 11 is 0. The first-order chi connectivity index (χ1) is 8.76. The Morgan fingerprint density at radius 1 is 1.17 bits per heavy atom. The standard InChI is InChI=1S/C14H11N3O/c1-10-2-4-12(5-3-10)14-15-13-8-11(9-18)6-7-17(13)16-14/h2-9H,1H3. The summed E-state index contributed by atoms with van der Waals surface area (Å²) in [4.78, 5) is 15.1. The van der Waals surface area contributed by atoms with Crippen LogP contribution in [0.1, 0.15) is 15.9 Å². The summed E-state index contributed by atoms with van der Waals surface area (Å²) in [5.41, 5.74) is 3.45. The van der Waals surface area contributed by atoms with Crippen LogP contribution in [0, 0.1) is 6.92 Å². The molecule has 0 aliphatic rings. The number of aromatic nitrogens is 3. The number of nitrogens with zero attached hydrogens (tertiary/aromatic N) is 3. The molecule has 88 valence electrons. The number of hydrogen-bond donors (Lipinski definition) is 0. The zero-order valence-electron chi connectivity index (χ0n) is 9.87. The second-order valence-corrected chi connectivity index (χ2v) is 4.18. The summed E-state index contributed by atoms with van der Waals surface area (Å²) in [6.45, 7) is 2.04. The molecule has 3 aromatic rings. The summed E-state index contributed by atoms with van der Waals surface area (Å²) in [5, 5.41) is 4.38. The van der Waals surface area contributed by atoms with Crippen LogP contribution in [0.25, 0.3) is 17.0 Å². The van der Waals surface area contributed by atoms with Gasteiger partial charge < -0.3 is 0 Å². The predicted molar refractivity (Wildman–Crippen MR) is 68.5 cm³/mol. The molecular formula is C14H11N3O. The minimum absolute atomic E-state index is 0.602. The third-order valence-electron chi connectivity index (χ3n) is 2.81. The van der Waals surface area contributed by atoms with E-state index in [4.69, 9.17) is 0 Å². The summed E-state index contributed by atoms with van der Waals surface area (Å²) < 4.78 is 1.67.